The van der Waals surface area contributed by atoms with E-state index in [1.165, 1.54) is 6.92 Å². The van der Waals surface area contributed by atoms with Crippen molar-refractivity contribution in [3.8, 4) is 5.75 Å². The molecule has 0 spiro atoms. The van der Waals surface area contributed by atoms with Gasteiger partial charge in [-0.05, 0) is 51.5 Å². The van der Waals surface area contributed by atoms with Crippen LogP contribution in [0.2, 0.25) is 5.02 Å². The minimum atomic E-state index is -1.00. The van der Waals surface area contributed by atoms with Gasteiger partial charge in [0.15, 0.2) is 0 Å². The topological polar surface area (TPSA) is 90.9 Å². The lowest BCUT2D eigenvalue weighted by Gasteiger charge is -2.20. The van der Waals surface area contributed by atoms with Crippen LogP contribution in [0.5, 0.6) is 5.75 Å². The van der Waals surface area contributed by atoms with Crippen LogP contribution in [0.4, 0.5) is 4.79 Å². The van der Waals surface area contributed by atoms with Gasteiger partial charge in [0.1, 0.15) is 5.75 Å². The number of ether oxygens (including phenoxy) is 3. The third-order valence-corrected chi connectivity index (χ3v) is 3.28. The summed E-state index contributed by atoms with van der Waals surface area (Å²) < 4.78 is 15.0. The fraction of sp³-hybridized carbons (Fsp3) is 0.500. The summed E-state index contributed by atoms with van der Waals surface area (Å²) in [7, 11) is 0. The molecule has 0 saturated carbocycles. The Hall–Kier alpha value is -2.28. The Morgan fingerprint density at radius 1 is 1.12 bits per heavy atom. The van der Waals surface area contributed by atoms with Crippen LogP contribution in [-0.2, 0) is 19.1 Å². The zero-order valence-corrected chi connectivity index (χ0v) is 16.1. The first kappa shape index (κ1) is 21.8. The molecule has 0 aliphatic rings. The molecule has 8 heteroatoms. The van der Waals surface area contributed by atoms with Gasteiger partial charge in [-0.2, -0.15) is 0 Å². The SMILES string of the molecule is CC(OC(=O)NCCCC(=O)Oc1ccc(Cl)cc1)OC(=O)C(C)(C)C. The number of halogens is 1. The van der Waals surface area contributed by atoms with Crippen LogP contribution in [-0.4, -0.2) is 30.9 Å². The summed E-state index contributed by atoms with van der Waals surface area (Å²) in [6, 6.07) is 6.43. The van der Waals surface area contributed by atoms with Crippen LogP contribution in [0.25, 0.3) is 0 Å². The number of benzene rings is 1. The van der Waals surface area contributed by atoms with E-state index >= 15 is 0 Å². The summed E-state index contributed by atoms with van der Waals surface area (Å²) in [5, 5.41) is 3.03. The van der Waals surface area contributed by atoms with Crippen LogP contribution in [0.15, 0.2) is 24.3 Å². The zero-order valence-electron chi connectivity index (χ0n) is 15.3. The van der Waals surface area contributed by atoms with Crippen molar-refractivity contribution in [3.05, 3.63) is 29.3 Å². The number of carbonyl (C=O) groups excluding carboxylic acids is 3. The highest BCUT2D eigenvalue weighted by molar-refractivity contribution is 6.30. The van der Waals surface area contributed by atoms with Gasteiger partial charge in [-0.1, -0.05) is 11.6 Å². The standard InChI is InChI=1S/C18H24ClNO6/c1-12(24-16(22)18(2,3)4)25-17(23)20-11-5-6-15(21)26-14-9-7-13(19)8-10-14/h7-10,12H,5-6,11H2,1-4H3,(H,20,23). The highest BCUT2D eigenvalue weighted by atomic mass is 35.5. The maximum atomic E-state index is 11.7. The van der Waals surface area contributed by atoms with Crippen molar-refractivity contribution in [2.75, 3.05) is 6.54 Å². The monoisotopic (exact) mass is 385 g/mol. The second kappa shape index (κ2) is 10.0. The second-order valence-corrected chi connectivity index (χ2v) is 7.02. The fourth-order valence-electron chi connectivity index (χ4n) is 1.65. The van der Waals surface area contributed by atoms with E-state index in [2.05, 4.69) is 5.32 Å². The summed E-state index contributed by atoms with van der Waals surface area (Å²) >= 11 is 5.75. The van der Waals surface area contributed by atoms with Crippen LogP contribution >= 0.6 is 11.6 Å². The van der Waals surface area contributed by atoms with E-state index < -0.39 is 29.7 Å². The minimum absolute atomic E-state index is 0.122. The van der Waals surface area contributed by atoms with Crippen molar-refractivity contribution >= 4 is 29.6 Å². The number of alkyl carbamates (subject to hydrolysis) is 1. The van der Waals surface area contributed by atoms with Gasteiger partial charge < -0.3 is 19.5 Å². The Labute approximate surface area is 157 Å². The normalized spacial score (nSPS) is 12.0. The van der Waals surface area contributed by atoms with Crippen LogP contribution in [0.3, 0.4) is 0 Å². The van der Waals surface area contributed by atoms with E-state index in [1.807, 2.05) is 0 Å². The maximum absolute atomic E-state index is 11.7. The average molecular weight is 386 g/mol. The third-order valence-electron chi connectivity index (χ3n) is 3.03. The summed E-state index contributed by atoms with van der Waals surface area (Å²) in [6.07, 6.45) is -1.24. The molecule has 0 bridgehead atoms. The van der Waals surface area contributed by atoms with Gasteiger partial charge in [0.25, 0.3) is 0 Å². The molecule has 0 aromatic heterocycles. The molecule has 1 rings (SSSR count). The van der Waals surface area contributed by atoms with Gasteiger partial charge in [0, 0.05) is 24.9 Å². The van der Waals surface area contributed by atoms with Crippen molar-refractivity contribution < 1.29 is 28.6 Å². The van der Waals surface area contributed by atoms with Crippen LogP contribution < -0.4 is 10.1 Å². The molecular weight excluding hydrogens is 362 g/mol. The maximum Gasteiger partial charge on any atom is 0.410 e. The van der Waals surface area contributed by atoms with Gasteiger partial charge in [-0.3, -0.25) is 9.59 Å². The van der Waals surface area contributed by atoms with Crippen LogP contribution in [0, 0.1) is 5.41 Å². The van der Waals surface area contributed by atoms with Crippen molar-refractivity contribution in [1.82, 2.24) is 5.32 Å². The van der Waals surface area contributed by atoms with Gasteiger partial charge >= 0.3 is 18.0 Å². The van der Waals surface area contributed by atoms with E-state index in [0.29, 0.717) is 17.2 Å². The minimum Gasteiger partial charge on any atom is -0.427 e. The third kappa shape index (κ3) is 8.71. The number of carbonyl (C=O) groups is 3. The smallest absolute Gasteiger partial charge is 0.410 e. The molecule has 26 heavy (non-hydrogen) atoms. The lowest BCUT2D eigenvalue weighted by Crippen LogP contribution is -2.33. The molecule has 0 radical (unpaired) electrons. The molecule has 0 fully saturated rings. The van der Waals surface area contributed by atoms with Gasteiger partial charge in [0.05, 0.1) is 5.41 Å². The molecule has 1 aromatic carbocycles. The van der Waals surface area contributed by atoms with E-state index in [0.717, 1.165) is 0 Å². The number of hydrogen-bond donors (Lipinski definition) is 1. The Morgan fingerprint density at radius 2 is 1.73 bits per heavy atom. The van der Waals surface area contributed by atoms with Gasteiger partial charge in [0.2, 0.25) is 6.29 Å². The lowest BCUT2D eigenvalue weighted by atomic mass is 9.97. The molecule has 7 nitrogen and oxygen atoms in total. The molecular formula is C18H24ClNO6. The highest BCUT2D eigenvalue weighted by Gasteiger charge is 2.26. The molecule has 1 amide bonds. The van der Waals surface area contributed by atoms with Crippen molar-refractivity contribution in [2.24, 2.45) is 5.41 Å². The second-order valence-electron chi connectivity index (χ2n) is 6.59. The molecule has 1 aromatic rings. The molecule has 0 heterocycles. The number of rotatable bonds is 7. The van der Waals surface area contributed by atoms with E-state index in [-0.39, 0.29) is 13.0 Å². The van der Waals surface area contributed by atoms with E-state index in [9.17, 15) is 14.4 Å². The predicted octanol–water partition coefficient (Wildman–Crippen LogP) is 3.69. The number of hydrogen-bond acceptors (Lipinski definition) is 6. The first-order valence-electron chi connectivity index (χ1n) is 8.20. The van der Waals surface area contributed by atoms with E-state index in [1.54, 1.807) is 45.0 Å². The number of esters is 2. The molecule has 1 unspecified atom stereocenters. The fourth-order valence-corrected chi connectivity index (χ4v) is 1.78. The quantitative estimate of drug-likeness (QED) is 0.333. The number of nitrogens with one attached hydrogen (secondary N) is 1. The van der Waals surface area contributed by atoms with Gasteiger partial charge in [-0.15, -0.1) is 0 Å². The van der Waals surface area contributed by atoms with Crippen molar-refractivity contribution in [1.29, 1.82) is 0 Å². The lowest BCUT2D eigenvalue weighted by molar-refractivity contribution is -0.174. The predicted molar refractivity (Wildman–Crippen MR) is 95.8 cm³/mol. The summed E-state index contributed by atoms with van der Waals surface area (Å²) in [5.74, 6) is -0.487. The first-order chi connectivity index (χ1) is 12.1. The molecule has 1 atom stereocenters. The zero-order chi connectivity index (χ0) is 19.7. The Bertz CT molecular complexity index is 624. The first-order valence-corrected chi connectivity index (χ1v) is 8.57. The van der Waals surface area contributed by atoms with E-state index in [4.69, 9.17) is 25.8 Å². The van der Waals surface area contributed by atoms with Crippen molar-refractivity contribution in [3.63, 3.8) is 0 Å². The molecule has 0 saturated heterocycles. The Morgan fingerprint density at radius 3 is 2.31 bits per heavy atom. The van der Waals surface area contributed by atoms with Crippen LogP contribution in [0.1, 0.15) is 40.5 Å². The average Bonchev–Trinajstić information content (AvgIpc) is 2.52. The number of amides is 1. The van der Waals surface area contributed by atoms with Crippen molar-refractivity contribution in [2.45, 2.75) is 46.8 Å². The highest BCUT2D eigenvalue weighted by Crippen LogP contribution is 2.17. The largest absolute Gasteiger partial charge is 0.427 e. The van der Waals surface area contributed by atoms with Gasteiger partial charge in [-0.25, -0.2) is 4.79 Å². The molecule has 144 valence electrons. The Kier molecular flexibility index (Phi) is 8.38. The molecule has 1 N–H and O–H groups in total. The summed E-state index contributed by atoms with van der Waals surface area (Å²) in [6.45, 7) is 6.77. The summed E-state index contributed by atoms with van der Waals surface area (Å²) in [4.78, 5) is 34.9. The molecule has 0 aliphatic carbocycles. The summed E-state index contributed by atoms with van der Waals surface area (Å²) in [5.41, 5.74) is -0.682. The molecule has 0 aliphatic heterocycles. The Balaban J connectivity index is 2.20.